The summed E-state index contributed by atoms with van der Waals surface area (Å²) in [4.78, 5) is 3.89. The Morgan fingerprint density at radius 3 is 2.45 bits per heavy atom. The van der Waals surface area contributed by atoms with Crippen molar-refractivity contribution in [1.82, 2.24) is 9.71 Å². The van der Waals surface area contributed by atoms with Gasteiger partial charge in [-0.2, -0.15) is 0 Å². The van der Waals surface area contributed by atoms with E-state index in [0.717, 1.165) is 16.9 Å². The monoisotopic (exact) mass is 414 g/mol. The molecule has 2 aromatic heterocycles. The number of rotatable bonds is 5. The second kappa shape index (κ2) is 6.72. The van der Waals surface area contributed by atoms with Crippen LogP contribution in [0.1, 0.15) is 5.56 Å². The Bertz CT molecular complexity index is 705. The van der Waals surface area contributed by atoms with E-state index in [1.54, 1.807) is 12.4 Å². The van der Waals surface area contributed by atoms with Gasteiger partial charge in [-0.1, -0.05) is 23.2 Å². The zero-order chi connectivity index (χ0) is 14.8. The van der Waals surface area contributed by atoms with E-state index in [-0.39, 0.29) is 15.8 Å². The van der Waals surface area contributed by atoms with Crippen molar-refractivity contribution in [2.75, 3.05) is 6.54 Å². The van der Waals surface area contributed by atoms with E-state index in [1.165, 1.54) is 0 Å². The fraction of sp³-hybridized carbons (Fsp3) is 0.182. The Morgan fingerprint density at radius 2 is 1.90 bits per heavy atom. The van der Waals surface area contributed by atoms with Crippen molar-refractivity contribution in [2.24, 2.45) is 0 Å². The number of pyridine rings is 1. The van der Waals surface area contributed by atoms with Gasteiger partial charge in [0.05, 0.1) is 4.47 Å². The lowest BCUT2D eigenvalue weighted by Gasteiger charge is -2.06. The van der Waals surface area contributed by atoms with Crippen molar-refractivity contribution >= 4 is 60.5 Å². The van der Waals surface area contributed by atoms with Gasteiger partial charge < -0.3 is 0 Å². The van der Waals surface area contributed by atoms with E-state index in [4.69, 9.17) is 23.2 Å². The molecule has 0 bridgehead atoms. The van der Waals surface area contributed by atoms with Crippen LogP contribution in [0.5, 0.6) is 0 Å². The first kappa shape index (κ1) is 16.2. The third-order valence-corrected chi connectivity index (χ3v) is 7.38. The SMILES string of the molecule is O=S(=O)(NCCc1ccncc1)c1c(Cl)sc(Cl)c1Br. The number of halogens is 3. The number of aromatic nitrogens is 1. The van der Waals surface area contributed by atoms with Crippen molar-refractivity contribution in [1.29, 1.82) is 0 Å². The van der Waals surface area contributed by atoms with E-state index in [1.807, 2.05) is 12.1 Å². The first-order chi connectivity index (χ1) is 9.42. The van der Waals surface area contributed by atoms with Gasteiger partial charge in [0, 0.05) is 18.9 Å². The summed E-state index contributed by atoms with van der Waals surface area (Å²) < 4.78 is 27.6. The topological polar surface area (TPSA) is 59.1 Å². The van der Waals surface area contributed by atoms with Crippen LogP contribution in [0.3, 0.4) is 0 Å². The molecule has 2 rings (SSSR count). The number of nitrogens with zero attached hydrogens (tertiary/aromatic N) is 1. The predicted molar refractivity (Wildman–Crippen MR) is 85.2 cm³/mol. The number of hydrogen-bond acceptors (Lipinski definition) is 4. The molecule has 108 valence electrons. The number of sulfonamides is 1. The predicted octanol–water partition coefficient (Wildman–Crippen LogP) is 3.73. The minimum atomic E-state index is -3.69. The van der Waals surface area contributed by atoms with Gasteiger partial charge in [-0.3, -0.25) is 4.98 Å². The second-order valence-electron chi connectivity index (χ2n) is 3.80. The van der Waals surface area contributed by atoms with Gasteiger partial charge in [0.25, 0.3) is 0 Å². The number of nitrogens with one attached hydrogen (secondary N) is 1. The summed E-state index contributed by atoms with van der Waals surface area (Å²) in [5.74, 6) is 0. The van der Waals surface area contributed by atoms with Crippen molar-refractivity contribution in [2.45, 2.75) is 11.3 Å². The normalized spacial score (nSPS) is 11.8. The summed E-state index contributed by atoms with van der Waals surface area (Å²) in [6.45, 7) is 0.266. The van der Waals surface area contributed by atoms with Gasteiger partial charge in [0.15, 0.2) is 0 Å². The van der Waals surface area contributed by atoms with Crippen LogP contribution in [0.2, 0.25) is 8.67 Å². The average molecular weight is 416 g/mol. The molecule has 0 aromatic carbocycles. The minimum Gasteiger partial charge on any atom is -0.265 e. The maximum Gasteiger partial charge on any atom is 0.244 e. The molecule has 0 saturated heterocycles. The molecule has 2 aromatic rings. The average Bonchev–Trinajstić information content (AvgIpc) is 2.64. The summed E-state index contributed by atoms with van der Waals surface area (Å²) in [7, 11) is -3.69. The van der Waals surface area contributed by atoms with Crippen LogP contribution < -0.4 is 4.72 Å². The highest BCUT2D eigenvalue weighted by atomic mass is 79.9. The van der Waals surface area contributed by atoms with Crippen LogP contribution in [0.15, 0.2) is 33.9 Å². The Kier molecular flexibility index (Phi) is 5.44. The Morgan fingerprint density at radius 1 is 1.25 bits per heavy atom. The highest BCUT2D eigenvalue weighted by Crippen LogP contribution is 2.42. The van der Waals surface area contributed by atoms with Crippen LogP contribution in [0, 0.1) is 0 Å². The first-order valence-corrected chi connectivity index (χ1v) is 9.28. The standard InChI is InChI=1S/C11H9BrCl2N2O2S2/c12-8-9(11(14)19-10(8)13)20(17,18)16-6-3-7-1-4-15-5-2-7/h1-2,4-5,16H,3,6H2. The molecule has 0 unspecified atom stereocenters. The zero-order valence-electron chi connectivity index (χ0n) is 9.94. The Balaban J connectivity index is 2.08. The van der Waals surface area contributed by atoms with Crippen LogP contribution in [0.4, 0.5) is 0 Å². The van der Waals surface area contributed by atoms with E-state index < -0.39 is 10.0 Å². The van der Waals surface area contributed by atoms with Gasteiger partial charge in [-0.15, -0.1) is 11.3 Å². The number of hydrogen-bond donors (Lipinski definition) is 1. The van der Waals surface area contributed by atoms with Crippen molar-refractivity contribution in [3.05, 3.63) is 43.2 Å². The van der Waals surface area contributed by atoms with Crippen molar-refractivity contribution < 1.29 is 8.42 Å². The molecule has 0 atom stereocenters. The lowest BCUT2D eigenvalue weighted by atomic mass is 10.2. The molecular formula is C11H9BrCl2N2O2S2. The van der Waals surface area contributed by atoms with Crippen LogP contribution >= 0.6 is 50.5 Å². The van der Waals surface area contributed by atoms with Gasteiger partial charge in [-0.05, 0) is 40.0 Å². The summed E-state index contributed by atoms with van der Waals surface area (Å²) in [5, 5.41) is 0. The van der Waals surface area contributed by atoms with Crippen molar-refractivity contribution in [3.8, 4) is 0 Å². The maximum absolute atomic E-state index is 12.2. The molecule has 0 amide bonds. The molecule has 0 aliphatic carbocycles. The molecule has 1 N–H and O–H groups in total. The summed E-state index contributed by atoms with van der Waals surface area (Å²) in [6, 6.07) is 3.66. The summed E-state index contributed by atoms with van der Waals surface area (Å²) in [5.41, 5.74) is 0.996. The highest BCUT2D eigenvalue weighted by molar-refractivity contribution is 9.10. The third kappa shape index (κ3) is 3.72. The van der Waals surface area contributed by atoms with Crippen LogP contribution in [0.25, 0.3) is 0 Å². The van der Waals surface area contributed by atoms with E-state index in [0.29, 0.717) is 15.2 Å². The third-order valence-electron chi connectivity index (χ3n) is 2.45. The molecule has 9 heteroatoms. The molecule has 4 nitrogen and oxygen atoms in total. The Labute approximate surface area is 139 Å². The van der Waals surface area contributed by atoms with Gasteiger partial charge >= 0.3 is 0 Å². The lowest BCUT2D eigenvalue weighted by molar-refractivity contribution is 0.581. The highest BCUT2D eigenvalue weighted by Gasteiger charge is 2.25. The van der Waals surface area contributed by atoms with E-state index in [9.17, 15) is 8.42 Å². The molecule has 0 aliphatic heterocycles. The largest absolute Gasteiger partial charge is 0.265 e. The summed E-state index contributed by atoms with van der Waals surface area (Å²) >= 11 is 15.9. The fourth-order valence-electron chi connectivity index (χ4n) is 1.52. The minimum absolute atomic E-state index is 0.0103. The number of thiophene rings is 1. The van der Waals surface area contributed by atoms with Crippen LogP contribution in [-0.2, 0) is 16.4 Å². The van der Waals surface area contributed by atoms with E-state index >= 15 is 0 Å². The fourth-order valence-corrected chi connectivity index (χ4v) is 6.10. The van der Waals surface area contributed by atoms with Gasteiger partial charge in [-0.25, -0.2) is 13.1 Å². The molecular weight excluding hydrogens is 407 g/mol. The molecule has 0 spiro atoms. The Hall–Kier alpha value is -0.180. The molecule has 2 heterocycles. The van der Waals surface area contributed by atoms with Gasteiger partial charge in [0.2, 0.25) is 10.0 Å². The van der Waals surface area contributed by atoms with Crippen molar-refractivity contribution in [3.63, 3.8) is 0 Å². The first-order valence-electron chi connectivity index (χ1n) is 5.43. The second-order valence-corrected chi connectivity index (χ2v) is 8.52. The smallest absolute Gasteiger partial charge is 0.244 e. The quantitative estimate of drug-likeness (QED) is 0.809. The van der Waals surface area contributed by atoms with Gasteiger partial charge in [0.1, 0.15) is 13.6 Å². The maximum atomic E-state index is 12.2. The zero-order valence-corrected chi connectivity index (χ0v) is 14.7. The van der Waals surface area contributed by atoms with E-state index in [2.05, 4.69) is 25.6 Å². The molecule has 0 fully saturated rings. The summed E-state index contributed by atoms with van der Waals surface area (Å²) in [6.07, 6.45) is 3.89. The molecule has 0 radical (unpaired) electrons. The lowest BCUT2D eigenvalue weighted by Crippen LogP contribution is -2.26. The molecule has 20 heavy (non-hydrogen) atoms. The van der Waals surface area contributed by atoms with Crippen LogP contribution in [-0.4, -0.2) is 19.9 Å². The molecule has 0 aliphatic rings. The molecule has 0 saturated carbocycles.